The van der Waals surface area contributed by atoms with Crippen molar-refractivity contribution in [1.29, 1.82) is 0 Å². The monoisotopic (exact) mass is 277 g/mol. The summed E-state index contributed by atoms with van der Waals surface area (Å²) < 4.78 is 15.6. The SMILES string of the molecule is COc1ccc(-c2c(C(=O)O)noc2C)c(OC)c1C. The quantitative estimate of drug-likeness (QED) is 0.925. The molecule has 1 heterocycles. The largest absolute Gasteiger partial charge is 0.496 e. The minimum absolute atomic E-state index is 0.134. The van der Waals surface area contributed by atoms with Crippen molar-refractivity contribution < 1.29 is 23.9 Å². The third-order valence-corrected chi connectivity index (χ3v) is 3.11. The van der Waals surface area contributed by atoms with Crippen LogP contribution in [0, 0.1) is 13.8 Å². The van der Waals surface area contributed by atoms with E-state index >= 15 is 0 Å². The van der Waals surface area contributed by atoms with E-state index in [2.05, 4.69) is 5.16 Å². The highest BCUT2D eigenvalue weighted by Gasteiger charge is 2.24. The van der Waals surface area contributed by atoms with Crippen LogP contribution >= 0.6 is 0 Å². The first-order chi connectivity index (χ1) is 9.51. The Morgan fingerprint density at radius 1 is 1.25 bits per heavy atom. The van der Waals surface area contributed by atoms with E-state index in [4.69, 9.17) is 14.0 Å². The molecule has 0 saturated heterocycles. The Labute approximate surface area is 115 Å². The van der Waals surface area contributed by atoms with Crippen molar-refractivity contribution in [3.8, 4) is 22.6 Å². The number of aromatic nitrogens is 1. The van der Waals surface area contributed by atoms with Crippen LogP contribution in [-0.4, -0.2) is 30.5 Å². The molecule has 0 aliphatic carbocycles. The van der Waals surface area contributed by atoms with Crippen LogP contribution in [-0.2, 0) is 0 Å². The molecular weight excluding hydrogens is 262 g/mol. The predicted octanol–water partition coefficient (Wildman–Crippen LogP) is 2.67. The molecule has 2 aromatic rings. The number of hydrogen-bond acceptors (Lipinski definition) is 5. The Balaban J connectivity index is 2.73. The van der Waals surface area contributed by atoms with Gasteiger partial charge < -0.3 is 19.1 Å². The molecule has 0 radical (unpaired) electrons. The average molecular weight is 277 g/mol. The number of carbonyl (C=O) groups is 1. The van der Waals surface area contributed by atoms with E-state index in [1.54, 1.807) is 26.2 Å². The number of methoxy groups -OCH3 is 2. The van der Waals surface area contributed by atoms with Crippen molar-refractivity contribution in [1.82, 2.24) is 5.16 Å². The minimum Gasteiger partial charge on any atom is -0.496 e. The van der Waals surface area contributed by atoms with E-state index in [0.717, 1.165) is 5.56 Å². The minimum atomic E-state index is -1.15. The molecule has 0 aliphatic rings. The highest BCUT2D eigenvalue weighted by molar-refractivity contribution is 5.95. The highest BCUT2D eigenvalue weighted by Crippen LogP contribution is 2.40. The lowest BCUT2D eigenvalue weighted by Crippen LogP contribution is -2.01. The number of carboxylic acids is 1. The van der Waals surface area contributed by atoms with Crippen LogP contribution in [0.5, 0.6) is 11.5 Å². The van der Waals surface area contributed by atoms with Crippen LogP contribution in [0.1, 0.15) is 21.8 Å². The van der Waals surface area contributed by atoms with Gasteiger partial charge in [-0.1, -0.05) is 5.16 Å². The van der Waals surface area contributed by atoms with Crippen LogP contribution in [0.15, 0.2) is 16.7 Å². The Kier molecular flexibility index (Phi) is 3.65. The number of aromatic carboxylic acids is 1. The summed E-state index contributed by atoms with van der Waals surface area (Å²) in [6.07, 6.45) is 0. The Bertz CT molecular complexity index is 660. The molecule has 0 amide bonds. The van der Waals surface area contributed by atoms with Crippen molar-refractivity contribution in [3.05, 3.63) is 29.2 Å². The van der Waals surface area contributed by atoms with Gasteiger partial charge in [0.1, 0.15) is 17.3 Å². The smallest absolute Gasteiger partial charge is 0.358 e. The van der Waals surface area contributed by atoms with Gasteiger partial charge in [0.05, 0.1) is 19.8 Å². The fourth-order valence-corrected chi connectivity index (χ4v) is 2.19. The Morgan fingerprint density at radius 3 is 2.50 bits per heavy atom. The van der Waals surface area contributed by atoms with Gasteiger partial charge in [-0.2, -0.15) is 0 Å². The summed E-state index contributed by atoms with van der Waals surface area (Å²) in [5, 5.41) is 12.8. The van der Waals surface area contributed by atoms with E-state index in [1.165, 1.54) is 7.11 Å². The molecule has 0 saturated carbocycles. The fraction of sp³-hybridized carbons (Fsp3) is 0.286. The van der Waals surface area contributed by atoms with E-state index in [9.17, 15) is 9.90 Å². The second-order valence-corrected chi connectivity index (χ2v) is 4.24. The van der Waals surface area contributed by atoms with Crippen LogP contribution < -0.4 is 9.47 Å². The van der Waals surface area contributed by atoms with Gasteiger partial charge in [0, 0.05) is 11.1 Å². The van der Waals surface area contributed by atoms with Gasteiger partial charge in [-0.15, -0.1) is 0 Å². The number of carboxylic acid groups (broad SMARTS) is 1. The van der Waals surface area contributed by atoms with Gasteiger partial charge in [-0.3, -0.25) is 0 Å². The average Bonchev–Trinajstić information content (AvgIpc) is 2.80. The predicted molar refractivity (Wildman–Crippen MR) is 71.5 cm³/mol. The number of aryl methyl sites for hydroxylation is 1. The first-order valence-corrected chi connectivity index (χ1v) is 5.92. The van der Waals surface area contributed by atoms with Crippen molar-refractivity contribution in [2.45, 2.75) is 13.8 Å². The third kappa shape index (κ3) is 2.09. The summed E-state index contributed by atoms with van der Waals surface area (Å²) in [5.74, 6) is 0.479. The first-order valence-electron chi connectivity index (χ1n) is 5.92. The zero-order valence-corrected chi connectivity index (χ0v) is 11.7. The van der Waals surface area contributed by atoms with E-state index in [-0.39, 0.29) is 5.69 Å². The number of hydrogen-bond donors (Lipinski definition) is 1. The van der Waals surface area contributed by atoms with Gasteiger partial charge in [0.25, 0.3) is 0 Å². The molecule has 1 aromatic carbocycles. The normalized spacial score (nSPS) is 10.4. The molecule has 1 aromatic heterocycles. The summed E-state index contributed by atoms with van der Waals surface area (Å²) >= 11 is 0. The maximum Gasteiger partial charge on any atom is 0.358 e. The number of benzene rings is 1. The standard InChI is InChI=1S/C14H15NO5/c1-7-10(18-3)6-5-9(13(7)19-4)11-8(2)20-15-12(11)14(16)17/h5-6H,1-4H3,(H,16,17). The van der Waals surface area contributed by atoms with Crippen molar-refractivity contribution in [2.75, 3.05) is 14.2 Å². The summed E-state index contributed by atoms with van der Waals surface area (Å²) in [6.45, 7) is 3.50. The molecule has 2 rings (SSSR count). The fourth-order valence-electron chi connectivity index (χ4n) is 2.19. The van der Waals surface area contributed by atoms with Crippen LogP contribution in [0.2, 0.25) is 0 Å². The zero-order chi connectivity index (χ0) is 14.9. The molecule has 20 heavy (non-hydrogen) atoms. The number of nitrogens with zero attached hydrogens (tertiary/aromatic N) is 1. The van der Waals surface area contributed by atoms with Crippen molar-refractivity contribution in [3.63, 3.8) is 0 Å². The van der Waals surface area contributed by atoms with Crippen LogP contribution in [0.3, 0.4) is 0 Å². The van der Waals surface area contributed by atoms with Gasteiger partial charge in [-0.25, -0.2) is 4.79 Å². The summed E-state index contributed by atoms with van der Waals surface area (Å²) in [7, 11) is 3.09. The topological polar surface area (TPSA) is 81.8 Å². The second-order valence-electron chi connectivity index (χ2n) is 4.24. The molecule has 106 valence electrons. The highest BCUT2D eigenvalue weighted by atomic mass is 16.5. The molecular formula is C14H15NO5. The summed E-state index contributed by atoms with van der Waals surface area (Å²) in [4.78, 5) is 11.2. The third-order valence-electron chi connectivity index (χ3n) is 3.11. The summed E-state index contributed by atoms with van der Waals surface area (Å²) in [6, 6.07) is 3.49. The van der Waals surface area contributed by atoms with Crippen LogP contribution in [0.25, 0.3) is 11.1 Å². The first kappa shape index (κ1) is 13.9. The summed E-state index contributed by atoms with van der Waals surface area (Å²) in [5.41, 5.74) is 1.68. The maximum atomic E-state index is 11.2. The molecule has 6 heteroatoms. The zero-order valence-electron chi connectivity index (χ0n) is 11.7. The van der Waals surface area contributed by atoms with E-state index in [1.807, 2.05) is 6.92 Å². The molecule has 0 fully saturated rings. The molecule has 0 atom stereocenters. The molecule has 0 bridgehead atoms. The molecule has 0 spiro atoms. The van der Waals surface area contributed by atoms with Crippen LogP contribution in [0.4, 0.5) is 0 Å². The Hall–Kier alpha value is -2.50. The number of rotatable bonds is 4. The molecule has 0 aliphatic heterocycles. The van der Waals surface area contributed by atoms with Crippen molar-refractivity contribution in [2.24, 2.45) is 0 Å². The maximum absolute atomic E-state index is 11.2. The Morgan fingerprint density at radius 2 is 1.95 bits per heavy atom. The van der Waals surface area contributed by atoms with Gasteiger partial charge in [-0.05, 0) is 26.0 Å². The van der Waals surface area contributed by atoms with Gasteiger partial charge in [0.15, 0.2) is 5.69 Å². The molecule has 1 N–H and O–H groups in total. The molecule has 6 nitrogen and oxygen atoms in total. The lowest BCUT2D eigenvalue weighted by molar-refractivity contribution is 0.0686. The lowest BCUT2D eigenvalue weighted by Gasteiger charge is -2.14. The van der Waals surface area contributed by atoms with Gasteiger partial charge in [0.2, 0.25) is 0 Å². The van der Waals surface area contributed by atoms with E-state index < -0.39 is 5.97 Å². The van der Waals surface area contributed by atoms with Crippen molar-refractivity contribution >= 4 is 5.97 Å². The number of ether oxygens (including phenoxy) is 2. The van der Waals surface area contributed by atoms with E-state index in [0.29, 0.717) is 28.4 Å². The second kappa shape index (κ2) is 5.24. The lowest BCUT2D eigenvalue weighted by atomic mass is 9.99. The van der Waals surface area contributed by atoms with Gasteiger partial charge >= 0.3 is 5.97 Å². The molecule has 0 unspecified atom stereocenters.